The summed E-state index contributed by atoms with van der Waals surface area (Å²) in [4.78, 5) is 0. The molecule has 0 N–H and O–H groups in total. The monoisotopic (exact) mass is 794 g/mol. The van der Waals surface area contributed by atoms with Gasteiger partial charge in [-0.2, -0.15) is 18.4 Å². The van der Waals surface area contributed by atoms with Crippen molar-refractivity contribution in [3.63, 3.8) is 0 Å². The zero-order chi connectivity index (χ0) is 40.3. The van der Waals surface area contributed by atoms with Crippen molar-refractivity contribution < 1.29 is 45.9 Å². The second kappa shape index (κ2) is 19.9. The van der Waals surface area contributed by atoms with Crippen LogP contribution in [-0.4, -0.2) is 69.1 Å². The molecule has 4 atom stereocenters. The number of rotatable bonds is 19. The van der Waals surface area contributed by atoms with E-state index in [0.717, 1.165) is 28.8 Å². The number of benzene rings is 4. The molecule has 5 rings (SSSR count). The van der Waals surface area contributed by atoms with Crippen LogP contribution in [0.5, 0.6) is 11.5 Å². The molecule has 0 spiro atoms. The molecule has 300 valence electrons. The van der Waals surface area contributed by atoms with Crippen LogP contribution in [0.3, 0.4) is 0 Å². The summed E-state index contributed by atoms with van der Waals surface area (Å²) in [6, 6.07) is 32.4. The molecule has 1 aliphatic rings. The summed E-state index contributed by atoms with van der Waals surface area (Å²) in [5, 5.41) is 9.32. The normalized spacial score (nSPS) is 18.0. The second-order valence-electron chi connectivity index (χ2n) is 13.8. The van der Waals surface area contributed by atoms with Gasteiger partial charge >= 0.3 is 6.18 Å². The highest BCUT2D eigenvalue weighted by Crippen LogP contribution is 2.50. The summed E-state index contributed by atoms with van der Waals surface area (Å²) in [7, 11) is 1.50. The van der Waals surface area contributed by atoms with Crippen molar-refractivity contribution >= 4 is 8.53 Å². The van der Waals surface area contributed by atoms with Gasteiger partial charge in [-0.15, -0.1) is 0 Å². The third-order valence-corrected chi connectivity index (χ3v) is 11.6. The molecule has 0 amide bonds. The molecule has 1 saturated heterocycles. The van der Waals surface area contributed by atoms with Gasteiger partial charge in [-0.25, -0.2) is 4.67 Å². The second-order valence-corrected chi connectivity index (χ2v) is 15.3. The SMILES string of the molecule is COc1ccc(C(OC[C@H]2OC[C@H](OCc3ccc(C(F)(F)F)cc3)[C@@H]2OP(OCCC#N)N(C(C)C)C(C)C)(c2ccccc2)c2ccc(OC)cc2)cc1. The van der Waals surface area contributed by atoms with Gasteiger partial charge < -0.3 is 32.7 Å². The first kappa shape index (κ1) is 43.1. The first-order valence-electron chi connectivity index (χ1n) is 18.5. The summed E-state index contributed by atoms with van der Waals surface area (Å²) in [6.45, 7) is 8.56. The third-order valence-electron chi connectivity index (χ3n) is 9.46. The molecule has 9 nitrogen and oxygen atoms in total. The van der Waals surface area contributed by atoms with E-state index in [4.69, 9.17) is 32.7 Å². The average Bonchev–Trinajstić information content (AvgIpc) is 3.58. The van der Waals surface area contributed by atoms with E-state index in [1.807, 2.05) is 78.9 Å². The van der Waals surface area contributed by atoms with Gasteiger partial charge in [0.15, 0.2) is 0 Å². The molecule has 0 aromatic heterocycles. The Morgan fingerprint density at radius 2 is 1.32 bits per heavy atom. The lowest BCUT2D eigenvalue weighted by Gasteiger charge is -2.39. The van der Waals surface area contributed by atoms with E-state index in [1.165, 1.54) is 12.1 Å². The summed E-state index contributed by atoms with van der Waals surface area (Å²) in [5.41, 5.74) is 1.25. The highest BCUT2D eigenvalue weighted by molar-refractivity contribution is 7.44. The number of hydrogen-bond acceptors (Lipinski definition) is 9. The van der Waals surface area contributed by atoms with Gasteiger partial charge in [0.05, 0.1) is 58.7 Å². The fraction of sp³-hybridized carbons (Fsp3) is 0.419. The molecule has 13 heteroatoms. The molecule has 4 aromatic rings. The number of alkyl halides is 3. The van der Waals surface area contributed by atoms with Crippen LogP contribution >= 0.6 is 8.53 Å². The Hall–Kier alpha value is -4.05. The zero-order valence-corrected chi connectivity index (χ0v) is 33.5. The van der Waals surface area contributed by atoms with E-state index in [2.05, 4.69) is 38.4 Å². The summed E-state index contributed by atoms with van der Waals surface area (Å²) in [6.07, 6.45) is -6.30. The van der Waals surface area contributed by atoms with Gasteiger partial charge in [-0.1, -0.05) is 66.7 Å². The Morgan fingerprint density at radius 3 is 1.82 bits per heavy atom. The van der Waals surface area contributed by atoms with Gasteiger partial charge in [0.2, 0.25) is 0 Å². The van der Waals surface area contributed by atoms with Crippen LogP contribution in [0.15, 0.2) is 103 Å². The van der Waals surface area contributed by atoms with Crippen LogP contribution in [0.4, 0.5) is 13.2 Å². The number of halogens is 3. The van der Waals surface area contributed by atoms with Crippen molar-refractivity contribution in [3.8, 4) is 17.6 Å². The number of ether oxygens (including phenoxy) is 5. The lowest BCUT2D eigenvalue weighted by atomic mass is 9.80. The van der Waals surface area contributed by atoms with Crippen LogP contribution in [0.25, 0.3) is 0 Å². The van der Waals surface area contributed by atoms with E-state index < -0.39 is 44.2 Å². The van der Waals surface area contributed by atoms with Crippen molar-refractivity contribution in [1.29, 1.82) is 5.26 Å². The summed E-state index contributed by atoms with van der Waals surface area (Å²) >= 11 is 0. The minimum absolute atomic E-state index is 0.0243. The van der Waals surface area contributed by atoms with Crippen LogP contribution in [-0.2, 0) is 41.6 Å². The van der Waals surface area contributed by atoms with Crippen LogP contribution in [0.2, 0.25) is 0 Å². The van der Waals surface area contributed by atoms with Crippen molar-refractivity contribution in [3.05, 3.63) is 131 Å². The predicted octanol–water partition coefficient (Wildman–Crippen LogP) is 9.68. The molecule has 1 aliphatic heterocycles. The molecule has 0 aliphatic carbocycles. The standard InChI is InChI=1S/C43H50F3N2O7P/c1-30(2)48(31(3)4)56(54-26-10-25-47)55-41-39(51-27-32-13-15-36(16-14-32)43(44,45)46)28-52-40(41)29-53-42(33-11-8-7-9-12-33,34-17-21-37(49-5)22-18-34)35-19-23-38(50-6)24-20-35/h7-9,11-24,30-31,39-41H,10,26-29H2,1-6H3/t39-,40+,41-,56?/m0/s1. The Labute approximate surface area is 329 Å². The summed E-state index contributed by atoms with van der Waals surface area (Å²) < 4.78 is 86.2. The Morgan fingerprint density at radius 1 is 0.786 bits per heavy atom. The lowest BCUT2D eigenvalue weighted by Crippen LogP contribution is -2.42. The van der Waals surface area contributed by atoms with Crippen molar-refractivity contribution in [1.82, 2.24) is 4.67 Å². The molecule has 1 unspecified atom stereocenters. The minimum Gasteiger partial charge on any atom is -0.497 e. The molecule has 0 radical (unpaired) electrons. The molecule has 1 fully saturated rings. The van der Waals surface area contributed by atoms with Crippen molar-refractivity contribution in [2.75, 3.05) is 34.0 Å². The van der Waals surface area contributed by atoms with Gasteiger partial charge in [-0.05, 0) is 86.3 Å². The van der Waals surface area contributed by atoms with Crippen LogP contribution in [0.1, 0.15) is 61.9 Å². The Balaban J connectivity index is 1.53. The lowest BCUT2D eigenvalue weighted by molar-refractivity contribution is -0.137. The first-order valence-corrected chi connectivity index (χ1v) is 19.7. The summed E-state index contributed by atoms with van der Waals surface area (Å²) in [5.74, 6) is 1.38. The maximum atomic E-state index is 13.3. The first-order chi connectivity index (χ1) is 26.9. The van der Waals surface area contributed by atoms with Crippen molar-refractivity contribution in [2.45, 2.75) is 82.9 Å². The van der Waals surface area contributed by atoms with Gasteiger partial charge in [0, 0.05) is 12.1 Å². The molecular weight excluding hydrogens is 744 g/mol. The molecule has 1 heterocycles. The Bertz CT molecular complexity index is 1770. The fourth-order valence-corrected chi connectivity index (χ4v) is 8.53. The van der Waals surface area contributed by atoms with E-state index in [1.54, 1.807) is 14.2 Å². The van der Waals surface area contributed by atoms with E-state index in [9.17, 15) is 18.4 Å². The number of methoxy groups -OCH3 is 2. The predicted molar refractivity (Wildman–Crippen MR) is 208 cm³/mol. The average molecular weight is 795 g/mol. The van der Waals surface area contributed by atoms with Gasteiger partial charge in [-0.3, -0.25) is 0 Å². The maximum Gasteiger partial charge on any atom is 0.416 e. The van der Waals surface area contributed by atoms with Crippen LogP contribution < -0.4 is 9.47 Å². The van der Waals surface area contributed by atoms with Gasteiger partial charge in [0.25, 0.3) is 8.53 Å². The van der Waals surface area contributed by atoms with E-state index in [0.29, 0.717) is 17.1 Å². The van der Waals surface area contributed by atoms with E-state index >= 15 is 0 Å². The quantitative estimate of drug-likeness (QED) is 0.0523. The molecular formula is C43H50F3N2O7P. The minimum atomic E-state index is -4.45. The number of nitrogens with zero attached hydrogens (tertiary/aromatic N) is 2. The van der Waals surface area contributed by atoms with E-state index in [-0.39, 0.29) is 44.9 Å². The smallest absolute Gasteiger partial charge is 0.416 e. The number of nitriles is 1. The van der Waals surface area contributed by atoms with Gasteiger partial charge in [0.1, 0.15) is 35.4 Å². The third kappa shape index (κ3) is 10.5. The molecule has 4 aromatic carbocycles. The Kier molecular flexibility index (Phi) is 15.3. The highest BCUT2D eigenvalue weighted by Gasteiger charge is 2.46. The fourth-order valence-electron chi connectivity index (χ4n) is 6.74. The topological polar surface area (TPSA) is 91.6 Å². The maximum absolute atomic E-state index is 13.3. The largest absolute Gasteiger partial charge is 0.497 e. The molecule has 56 heavy (non-hydrogen) atoms. The highest BCUT2D eigenvalue weighted by atomic mass is 31.2. The number of hydrogen-bond donors (Lipinski definition) is 0. The molecule has 0 saturated carbocycles. The molecule has 0 bridgehead atoms. The van der Waals surface area contributed by atoms with Crippen molar-refractivity contribution in [2.24, 2.45) is 0 Å². The zero-order valence-electron chi connectivity index (χ0n) is 32.6. The van der Waals surface area contributed by atoms with Crippen LogP contribution in [0, 0.1) is 11.3 Å².